The van der Waals surface area contributed by atoms with E-state index in [9.17, 15) is 0 Å². The van der Waals surface area contributed by atoms with E-state index in [2.05, 4.69) is 23.5 Å². The van der Waals surface area contributed by atoms with Gasteiger partial charge in [-0.25, -0.2) is 0 Å². The Morgan fingerprint density at radius 3 is 2.89 bits per heavy atom. The van der Waals surface area contributed by atoms with Crippen LogP contribution in [0, 0.1) is 5.92 Å². The van der Waals surface area contributed by atoms with E-state index in [1.165, 1.54) is 38.5 Å². The average molecular weight is 263 g/mol. The van der Waals surface area contributed by atoms with Crippen molar-refractivity contribution < 1.29 is 4.74 Å². The highest BCUT2D eigenvalue weighted by Gasteiger charge is 2.19. The van der Waals surface area contributed by atoms with Crippen molar-refractivity contribution >= 4 is 5.69 Å². The third-order valence-electron chi connectivity index (χ3n) is 4.43. The minimum absolute atomic E-state index is 0.364. The molecule has 2 fully saturated rings. The van der Waals surface area contributed by atoms with Gasteiger partial charge in [-0.1, -0.05) is 6.92 Å². The van der Waals surface area contributed by atoms with Crippen molar-refractivity contribution in [3.63, 3.8) is 0 Å². The first kappa shape index (κ1) is 13.0. The largest absolute Gasteiger partial charge is 0.380 e. The first-order valence-corrected chi connectivity index (χ1v) is 7.70. The summed E-state index contributed by atoms with van der Waals surface area (Å²) in [6.45, 7) is 4.16. The van der Waals surface area contributed by atoms with Gasteiger partial charge in [0.2, 0.25) is 0 Å². The van der Waals surface area contributed by atoms with Crippen LogP contribution in [-0.4, -0.2) is 28.5 Å². The van der Waals surface area contributed by atoms with E-state index < -0.39 is 0 Å². The van der Waals surface area contributed by atoms with Gasteiger partial charge in [0.25, 0.3) is 0 Å². The van der Waals surface area contributed by atoms with Gasteiger partial charge in [0, 0.05) is 18.8 Å². The van der Waals surface area contributed by atoms with Crippen molar-refractivity contribution in [3.8, 4) is 0 Å². The van der Waals surface area contributed by atoms with Gasteiger partial charge in [0.05, 0.1) is 24.5 Å². The van der Waals surface area contributed by atoms with Crippen LogP contribution < -0.4 is 5.32 Å². The molecule has 106 valence electrons. The van der Waals surface area contributed by atoms with E-state index in [-0.39, 0.29) is 0 Å². The molecule has 1 saturated heterocycles. The lowest BCUT2D eigenvalue weighted by atomic mass is 9.87. The molecule has 4 nitrogen and oxygen atoms in total. The van der Waals surface area contributed by atoms with Crippen LogP contribution in [0.2, 0.25) is 0 Å². The molecule has 3 rings (SSSR count). The van der Waals surface area contributed by atoms with Crippen molar-refractivity contribution in [1.29, 1.82) is 0 Å². The summed E-state index contributed by atoms with van der Waals surface area (Å²) in [6.07, 6.45) is 12.1. The zero-order valence-electron chi connectivity index (χ0n) is 11.8. The SMILES string of the molecule is CC1CCC(Nc2cnn(CC3CCCO3)c2)CC1. The maximum atomic E-state index is 5.65. The number of rotatable bonds is 4. The molecule has 1 N–H and O–H groups in total. The van der Waals surface area contributed by atoms with E-state index in [0.717, 1.165) is 24.8 Å². The van der Waals surface area contributed by atoms with Gasteiger partial charge >= 0.3 is 0 Å². The molecule has 1 saturated carbocycles. The first-order chi connectivity index (χ1) is 9.29. The molecule has 19 heavy (non-hydrogen) atoms. The van der Waals surface area contributed by atoms with Crippen LogP contribution in [-0.2, 0) is 11.3 Å². The lowest BCUT2D eigenvalue weighted by Gasteiger charge is -2.27. The van der Waals surface area contributed by atoms with Crippen LogP contribution in [0.5, 0.6) is 0 Å². The summed E-state index contributed by atoms with van der Waals surface area (Å²) in [5.74, 6) is 0.903. The van der Waals surface area contributed by atoms with Gasteiger partial charge in [-0.2, -0.15) is 5.10 Å². The Bertz CT molecular complexity index is 390. The fourth-order valence-electron chi connectivity index (χ4n) is 3.18. The highest BCUT2D eigenvalue weighted by molar-refractivity contribution is 5.39. The van der Waals surface area contributed by atoms with Crippen LogP contribution >= 0.6 is 0 Å². The Labute approximate surface area is 115 Å². The van der Waals surface area contributed by atoms with Crippen LogP contribution in [0.25, 0.3) is 0 Å². The summed E-state index contributed by atoms with van der Waals surface area (Å²) < 4.78 is 7.66. The summed E-state index contributed by atoms with van der Waals surface area (Å²) >= 11 is 0. The fraction of sp³-hybridized carbons (Fsp3) is 0.800. The molecule has 0 amide bonds. The molecule has 4 heteroatoms. The molecule has 1 aromatic rings. The maximum Gasteiger partial charge on any atom is 0.0771 e. The lowest BCUT2D eigenvalue weighted by Crippen LogP contribution is -2.24. The standard InChI is InChI=1S/C15H25N3O/c1-12-4-6-13(7-5-12)17-14-9-16-18(10-14)11-15-3-2-8-19-15/h9-10,12-13,15,17H,2-8,11H2,1H3. The minimum atomic E-state index is 0.364. The lowest BCUT2D eigenvalue weighted by molar-refractivity contribution is 0.0940. The monoisotopic (exact) mass is 263 g/mol. The molecule has 1 aromatic heterocycles. The highest BCUT2D eigenvalue weighted by atomic mass is 16.5. The van der Waals surface area contributed by atoms with Crippen molar-refractivity contribution in [2.45, 2.75) is 64.1 Å². The Hall–Kier alpha value is -1.03. The number of ether oxygens (including phenoxy) is 1. The number of nitrogens with zero attached hydrogens (tertiary/aromatic N) is 2. The van der Waals surface area contributed by atoms with Gasteiger partial charge in [-0.05, 0) is 44.4 Å². The van der Waals surface area contributed by atoms with Crippen LogP contribution in [0.3, 0.4) is 0 Å². The molecule has 0 radical (unpaired) electrons. The number of hydrogen-bond donors (Lipinski definition) is 1. The summed E-state index contributed by atoms with van der Waals surface area (Å²) in [5, 5.41) is 8.06. The second-order valence-corrected chi connectivity index (χ2v) is 6.19. The van der Waals surface area contributed by atoms with Gasteiger partial charge in [-0.15, -0.1) is 0 Å². The van der Waals surface area contributed by atoms with E-state index in [1.54, 1.807) is 0 Å². The van der Waals surface area contributed by atoms with Crippen LogP contribution in [0.4, 0.5) is 5.69 Å². The Morgan fingerprint density at radius 2 is 2.16 bits per heavy atom. The number of aromatic nitrogens is 2. The first-order valence-electron chi connectivity index (χ1n) is 7.70. The van der Waals surface area contributed by atoms with E-state index in [4.69, 9.17) is 4.74 Å². The van der Waals surface area contributed by atoms with Crippen molar-refractivity contribution in [1.82, 2.24) is 9.78 Å². The topological polar surface area (TPSA) is 39.1 Å². The van der Waals surface area contributed by atoms with Gasteiger partial charge in [0.1, 0.15) is 0 Å². The van der Waals surface area contributed by atoms with Gasteiger partial charge in [-0.3, -0.25) is 4.68 Å². The van der Waals surface area contributed by atoms with Gasteiger partial charge < -0.3 is 10.1 Å². The normalized spacial score (nSPS) is 31.5. The Kier molecular flexibility index (Phi) is 4.06. The van der Waals surface area contributed by atoms with Gasteiger partial charge in [0.15, 0.2) is 0 Å². The summed E-state index contributed by atoms with van der Waals surface area (Å²) in [4.78, 5) is 0. The van der Waals surface area contributed by atoms with Crippen molar-refractivity contribution in [3.05, 3.63) is 12.4 Å². The Morgan fingerprint density at radius 1 is 1.32 bits per heavy atom. The van der Waals surface area contributed by atoms with Crippen LogP contribution in [0.1, 0.15) is 45.4 Å². The summed E-state index contributed by atoms with van der Waals surface area (Å²) in [6, 6.07) is 0.636. The second-order valence-electron chi connectivity index (χ2n) is 6.19. The zero-order chi connectivity index (χ0) is 13.1. The number of nitrogens with one attached hydrogen (secondary N) is 1. The van der Waals surface area contributed by atoms with E-state index in [1.807, 2.05) is 10.9 Å². The van der Waals surface area contributed by atoms with Crippen LogP contribution in [0.15, 0.2) is 12.4 Å². The molecule has 2 aliphatic rings. The summed E-state index contributed by atoms with van der Waals surface area (Å²) in [5.41, 5.74) is 1.16. The average Bonchev–Trinajstić information content (AvgIpc) is 3.05. The molecular formula is C15H25N3O. The summed E-state index contributed by atoms with van der Waals surface area (Å²) in [7, 11) is 0. The number of anilines is 1. The minimum Gasteiger partial charge on any atom is -0.380 e. The predicted molar refractivity (Wildman–Crippen MR) is 76.2 cm³/mol. The molecule has 1 aliphatic carbocycles. The third-order valence-corrected chi connectivity index (χ3v) is 4.43. The molecular weight excluding hydrogens is 238 g/mol. The molecule has 2 heterocycles. The zero-order valence-corrected chi connectivity index (χ0v) is 11.8. The molecule has 1 unspecified atom stereocenters. The second kappa shape index (κ2) is 5.95. The van der Waals surface area contributed by atoms with Crippen molar-refractivity contribution in [2.75, 3.05) is 11.9 Å². The fourth-order valence-corrected chi connectivity index (χ4v) is 3.18. The van der Waals surface area contributed by atoms with Crippen molar-refractivity contribution in [2.24, 2.45) is 5.92 Å². The smallest absolute Gasteiger partial charge is 0.0771 e. The maximum absolute atomic E-state index is 5.65. The van der Waals surface area contributed by atoms with E-state index in [0.29, 0.717) is 12.1 Å². The number of hydrogen-bond acceptors (Lipinski definition) is 3. The Balaban J connectivity index is 1.50. The molecule has 0 aromatic carbocycles. The molecule has 1 atom stereocenters. The highest BCUT2D eigenvalue weighted by Crippen LogP contribution is 2.26. The van der Waals surface area contributed by atoms with E-state index >= 15 is 0 Å². The molecule has 0 bridgehead atoms. The molecule has 0 spiro atoms. The molecule has 1 aliphatic heterocycles. The predicted octanol–water partition coefficient (Wildman–Crippen LogP) is 3.05. The quantitative estimate of drug-likeness (QED) is 0.907. The third kappa shape index (κ3) is 3.50.